The molecular weight excluding hydrogens is 419 g/mol. The Hall–Kier alpha value is -1.39. The smallest absolute Gasteiger partial charge is 0.297 e. The number of carbonyl (C=O) groups excluding carboxylic acids is 1. The largest absolute Gasteiger partial charge is 0.384 e. The van der Waals surface area contributed by atoms with Crippen LogP contribution in [0, 0.1) is 0 Å². The molecule has 2 rings (SSSR count). The van der Waals surface area contributed by atoms with Crippen molar-refractivity contribution < 1.29 is 17.8 Å². The number of nitrogens with one attached hydrogen (secondary N) is 2. The molecule has 2 aromatic carbocycles. The zero-order valence-corrected chi connectivity index (χ0v) is 14.7. The molecule has 0 aliphatic rings. The second-order valence-electron chi connectivity index (χ2n) is 4.54. The predicted octanol–water partition coefficient (Wildman–Crippen LogP) is 2.89. The van der Waals surface area contributed by atoms with E-state index in [4.69, 9.17) is 0 Å². The fourth-order valence-corrected chi connectivity index (χ4v) is 3.28. The molecule has 22 heavy (non-hydrogen) atoms. The minimum absolute atomic E-state index is 0.0738. The first kappa shape index (κ1) is 17.0. The molecule has 0 aliphatic carbocycles. The highest BCUT2D eigenvalue weighted by Gasteiger charge is 2.24. The van der Waals surface area contributed by atoms with Gasteiger partial charge in [-0.1, -0.05) is 46.9 Å². The van der Waals surface area contributed by atoms with Crippen molar-refractivity contribution >= 4 is 60.8 Å². The third-order valence-corrected chi connectivity index (χ3v) is 4.65. The molecule has 118 valence electrons. The molecule has 0 aromatic heterocycles. The predicted molar refractivity (Wildman–Crippen MR) is 95.4 cm³/mol. The normalized spacial score (nSPS) is 11.4. The van der Waals surface area contributed by atoms with Gasteiger partial charge in [0.25, 0.3) is 10.1 Å². The maximum atomic E-state index is 11.9. The topological polar surface area (TPSA) is 95.5 Å². The zero-order valence-electron chi connectivity index (χ0n) is 11.8. The van der Waals surface area contributed by atoms with Crippen molar-refractivity contribution in [2.24, 2.45) is 0 Å². The Labute approximate surface area is 142 Å². The summed E-state index contributed by atoms with van der Waals surface area (Å²) in [4.78, 5) is 11.4. The van der Waals surface area contributed by atoms with Crippen LogP contribution in [-0.4, -0.2) is 29.9 Å². The quantitative estimate of drug-likeness (QED) is 0.382. The van der Waals surface area contributed by atoms with Crippen molar-refractivity contribution in [3.63, 3.8) is 0 Å². The molecule has 0 saturated heterocycles. The number of hydrogen-bond acceptors (Lipinski definition) is 4. The monoisotopic (exact) mass is 434 g/mol. The molecule has 6 nitrogen and oxygen atoms in total. The van der Waals surface area contributed by atoms with Gasteiger partial charge in [-0.2, -0.15) is 8.42 Å². The number of halogens is 1. The minimum atomic E-state index is -4.51. The van der Waals surface area contributed by atoms with E-state index in [1.165, 1.54) is 0 Å². The SMILES string of the molecule is CCNc1cc2ccccc2c(S(=O)(=O)O)c1NC(=O)CI. The third-order valence-electron chi connectivity index (χ3n) is 3.01. The number of rotatable bonds is 5. The fraction of sp³-hybridized carbons (Fsp3) is 0.214. The molecule has 1 amide bonds. The van der Waals surface area contributed by atoms with Crippen molar-refractivity contribution in [1.82, 2.24) is 0 Å². The van der Waals surface area contributed by atoms with Gasteiger partial charge < -0.3 is 10.6 Å². The molecule has 2 aromatic rings. The van der Waals surface area contributed by atoms with E-state index in [1.54, 1.807) is 30.3 Å². The standard InChI is InChI=1S/C14H15IN2O4S/c1-2-16-11-7-9-5-3-4-6-10(9)14(22(19,20)21)13(11)17-12(18)8-15/h3-7,16H,2,8H2,1H3,(H,17,18)(H,19,20,21). The summed E-state index contributed by atoms with van der Waals surface area (Å²) in [5.41, 5.74) is 0.525. The van der Waals surface area contributed by atoms with Crippen LogP contribution in [0.4, 0.5) is 11.4 Å². The number of amides is 1. The second kappa shape index (κ2) is 6.80. The Kier molecular flexibility index (Phi) is 5.24. The highest BCUT2D eigenvalue weighted by Crippen LogP contribution is 2.37. The molecule has 0 unspecified atom stereocenters. The number of anilines is 2. The molecule has 3 N–H and O–H groups in total. The van der Waals surface area contributed by atoms with Crippen molar-refractivity contribution in [2.75, 3.05) is 21.6 Å². The minimum Gasteiger partial charge on any atom is -0.384 e. The van der Waals surface area contributed by atoms with Crippen molar-refractivity contribution in [3.8, 4) is 0 Å². The van der Waals surface area contributed by atoms with Crippen molar-refractivity contribution in [1.29, 1.82) is 0 Å². The first-order chi connectivity index (χ1) is 10.4. The lowest BCUT2D eigenvalue weighted by Crippen LogP contribution is -2.17. The second-order valence-corrected chi connectivity index (χ2v) is 6.66. The molecule has 0 spiro atoms. The fourth-order valence-electron chi connectivity index (χ4n) is 2.21. The molecule has 0 bridgehead atoms. The Bertz CT molecular complexity index is 821. The van der Waals surface area contributed by atoms with Crippen LogP contribution in [0.3, 0.4) is 0 Å². The van der Waals surface area contributed by atoms with Crippen LogP contribution in [0.1, 0.15) is 6.92 Å². The van der Waals surface area contributed by atoms with Crippen LogP contribution in [-0.2, 0) is 14.9 Å². The van der Waals surface area contributed by atoms with Gasteiger partial charge in [0.2, 0.25) is 5.91 Å². The Morgan fingerprint density at radius 1 is 1.32 bits per heavy atom. The van der Waals surface area contributed by atoms with Crippen LogP contribution in [0.25, 0.3) is 10.8 Å². The van der Waals surface area contributed by atoms with E-state index in [2.05, 4.69) is 10.6 Å². The van der Waals surface area contributed by atoms with Gasteiger partial charge in [0.05, 0.1) is 15.8 Å². The molecule has 0 heterocycles. The Balaban J connectivity index is 2.86. The van der Waals surface area contributed by atoms with Crippen LogP contribution in [0.5, 0.6) is 0 Å². The summed E-state index contributed by atoms with van der Waals surface area (Å²) in [6, 6.07) is 8.53. The third kappa shape index (κ3) is 3.50. The van der Waals surface area contributed by atoms with Crippen molar-refractivity contribution in [3.05, 3.63) is 30.3 Å². The molecule has 0 fully saturated rings. The summed E-state index contributed by atoms with van der Waals surface area (Å²) in [7, 11) is -4.51. The molecule has 0 aliphatic heterocycles. The highest BCUT2D eigenvalue weighted by atomic mass is 127. The van der Waals surface area contributed by atoms with Crippen LogP contribution < -0.4 is 10.6 Å². The van der Waals surface area contributed by atoms with E-state index in [0.717, 1.165) is 0 Å². The van der Waals surface area contributed by atoms with Crippen molar-refractivity contribution in [2.45, 2.75) is 11.8 Å². The van der Waals surface area contributed by atoms with E-state index in [-0.39, 0.29) is 20.9 Å². The van der Waals surface area contributed by atoms with Gasteiger partial charge in [-0.25, -0.2) is 0 Å². The van der Waals surface area contributed by atoms with Gasteiger partial charge in [0, 0.05) is 11.9 Å². The van der Waals surface area contributed by atoms with E-state index >= 15 is 0 Å². The number of hydrogen-bond donors (Lipinski definition) is 3. The highest BCUT2D eigenvalue weighted by molar-refractivity contribution is 14.1. The first-order valence-corrected chi connectivity index (χ1v) is 9.48. The number of benzene rings is 2. The maximum absolute atomic E-state index is 11.9. The summed E-state index contributed by atoms with van der Waals surface area (Å²) in [6.07, 6.45) is 0. The van der Waals surface area contributed by atoms with Crippen LogP contribution >= 0.6 is 22.6 Å². The maximum Gasteiger partial charge on any atom is 0.297 e. The summed E-state index contributed by atoms with van der Waals surface area (Å²) in [6.45, 7) is 2.39. The van der Waals surface area contributed by atoms with Crippen LogP contribution in [0.15, 0.2) is 35.2 Å². The average molecular weight is 434 g/mol. The Morgan fingerprint density at radius 3 is 2.59 bits per heavy atom. The number of carbonyl (C=O) groups is 1. The van der Waals surface area contributed by atoms with Gasteiger partial charge in [-0.05, 0) is 18.4 Å². The lowest BCUT2D eigenvalue weighted by Gasteiger charge is -2.17. The van der Waals surface area contributed by atoms with E-state index in [0.29, 0.717) is 23.0 Å². The average Bonchev–Trinajstić information content (AvgIpc) is 2.46. The van der Waals surface area contributed by atoms with E-state index < -0.39 is 10.1 Å². The van der Waals surface area contributed by atoms with E-state index in [9.17, 15) is 17.8 Å². The van der Waals surface area contributed by atoms with Gasteiger partial charge in [0.1, 0.15) is 4.90 Å². The van der Waals surface area contributed by atoms with Gasteiger partial charge >= 0.3 is 0 Å². The summed E-state index contributed by atoms with van der Waals surface area (Å²) >= 11 is 1.88. The first-order valence-electron chi connectivity index (χ1n) is 6.51. The molecule has 0 saturated carbocycles. The van der Waals surface area contributed by atoms with Gasteiger partial charge in [-0.3, -0.25) is 9.35 Å². The molecular formula is C14H15IN2O4S. The Morgan fingerprint density at radius 2 is 2.00 bits per heavy atom. The summed E-state index contributed by atoms with van der Waals surface area (Å²) in [5.74, 6) is -0.347. The molecule has 8 heteroatoms. The van der Waals surface area contributed by atoms with Gasteiger partial charge in [-0.15, -0.1) is 0 Å². The summed E-state index contributed by atoms with van der Waals surface area (Å²) < 4.78 is 33.5. The number of fused-ring (bicyclic) bond motifs is 1. The zero-order chi connectivity index (χ0) is 16.3. The van der Waals surface area contributed by atoms with Gasteiger partial charge in [0.15, 0.2) is 0 Å². The lowest BCUT2D eigenvalue weighted by atomic mass is 10.1. The molecule has 0 atom stereocenters. The molecule has 0 radical (unpaired) electrons. The number of alkyl halides is 1. The van der Waals surface area contributed by atoms with E-state index in [1.807, 2.05) is 29.5 Å². The summed E-state index contributed by atoms with van der Waals surface area (Å²) in [5, 5.41) is 6.59. The lowest BCUT2D eigenvalue weighted by molar-refractivity contribution is -0.113. The van der Waals surface area contributed by atoms with Crippen LogP contribution in [0.2, 0.25) is 0 Å².